The molecule has 13 heteroatoms. The molecule has 12 bridgehead atoms. The zero-order chi connectivity index (χ0) is 69.1. The highest BCUT2D eigenvalue weighted by atomic mass is 16.5. The zero-order valence-electron chi connectivity index (χ0n) is 62.2. The third-order valence-electron chi connectivity index (χ3n) is 34.9. The van der Waals surface area contributed by atoms with Crippen molar-refractivity contribution in [1.82, 2.24) is 15.1 Å². The SMILES string of the molecule is C.CN.CN=C=N.Cc1ccc2c3c1OC1C4(C)CCC5(CC4C(C)(O)C(C)(C)C)[C@@H]4N(C#N)C4(C2)C[C@]315.Cc1ccc2c3c1OC1C4(C)CCC5(CC4C(C)(O)C(C)(C)C)[C@@H]4N(C)C4(C2)C[C@]315.Cc1ccc2c3c1OC1C4(C)CCC5(CC4C(C)(O)C(C)(C)C)[C@@H]4NC4(C2)C[C@]315. The van der Waals surface area contributed by atoms with Gasteiger partial charge in [0.1, 0.15) is 35.6 Å². The fourth-order valence-corrected chi connectivity index (χ4v) is 29.5. The van der Waals surface area contributed by atoms with Crippen molar-refractivity contribution in [3.63, 3.8) is 0 Å². The maximum atomic E-state index is 12.0. The largest absolute Gasteiger partial charge is 0.488 e. The van der Waals surface area contributed by atoms with Crippen molar-refractivity contribution < 1.29 is 29.5 Å². The second-order valence-corrected chi connectivity index (χ2v) is 40.3. The lowest BCUT2D eigenvalue weighted by atomic mass is 9.35. The van der Waals surface area contributed by atoms with Crippen LogP contribution < -0.4 is 25.3 Å². The highest BCUT2D eigenvalue weighted by Gasteiger charge is 2.95. The smallest absolute Gasteiger partial charge is 0.180 e. The topological polar surface area (TPSA) is 202 Å². The minimum absolute atomic E-state index is 0. The van der Waals surface area contributed by atoms with E-state index in [4.69, 9.17) is 19.6 Å². The number of aryl methyl sites for hydroxylation is 3. The van der Waals surface area contributed by atoms with E-state index in [2.05, 4.69) is 200 Å². The van der Waals surface area contributed by atoms with Gasteiger partial charge in [0.15, 0.2) is 6.19 Å². The molecule has 97 heavy (non-hydrogen) atoms. The molecule has 6 heterocycles. The molecule has 526 valence electrons. The van der Waals surface area contributed by atoms with Gasteiger partial charge >= 0.3 is 0 Å². The van der Waals surface area contributed by atoms with Crippen LogP contribution in [0, 0.1) is 104 Å². The molecule has 6 aliphatic heterocycles. The summed E-state index contributed by atoms with van der Waals surface area (Å²) in [6, 6.07) is 17.3. The lowest BCUT2D eigenvalue weighted by Crippen LogP contribution is -2.73. The van der Waals surface area contributed by atoms with E-state index in [1.807, 2.05) is 0 Å². The number of fused-ring (bicyclic) bond motifs is 6. The average molecular weight is 1320 g/mol. The third-order valence-corrected chi connectivity index (χ3v) is 34.9. The normalized spacial score (nSPS) is 47.9. The third kappa shape index (κ3) is 6.75. The molecule has 21 aliphatic rings. The maximum Gasteiger partial charge on any atom is 0.180 e. The molecule has 3 saturated heterocycles. The van der Waals surface area contributed by atoms with E-state index in [1.54, 1.807) is 28.3 Å². The molecule has 3 aromatic carbocycles. The number of benzene rings is 3. The Morgan fingerprint density at radius 1 is 0.546 bits per heavy atom. The summed E-state index contributed by atoms with van der Waals surface area (Å²) < 4.78 is 21.2. The number of likely N-dealkylation sites (N-methyl/N-ethyl adjacent to an activating group) is 1. The molecule has 15 fully saturated rings. The molecule has 7 N–H and O–H groups in total. The van der Waals surface area contributed by atoms with E-state index < -0.39 is 16.8 Å². The van der Waals surface area contributed by atoms with Crippen LogP contribution in [0.1, 0.15) is 238 Å². The minimum atomic E-state index is -0.803. The van der Waals surface area contributed by atoms with Gasteiger partial charge in [-0.2, -0.15) is 5.26 Å². The Morgan fingerprint density at radius 2 is 0.887 bits per heavy atom. The highest BCUT2D eigenvalue weighted by molar-refractivity contribution is 5.69. The van der Waals surface area contributed by atoms with Crippen molar-refractivity contribution in [1.29, 1.82) is 10.7 Å². The summed E-state index contributed by atoms with van der Waals surface area (Å²) in [6.07, 6.45) is 20.5. The van der Waals surface area contributed by atoms with Gasteiger partial charge in [-0.05, 0) is 219 Å². The first kappa shape index (κ1) is 67.0. The first-order valence-corrected chi connectivity index (χ1v) is 37.5. The Labute approximate surface area is 581 Å². The molecule has 24 rings (SSSR count). The fraction of sp³-hybridized carbons (Fsp3) is 0.762. The van der Waals surface area contributed by atoms with Crippen LogP contribution in [0.2, 0.25) is 0 Å². The van der Waals surface area contributed by atoms with Crippen LogP contribution in [0.15, 0.2) is 41.4 Å². The second kappa shape index (κ2) is 18.6. The second-order valence-electron chi connectivity index (χ2n) is 40.3. The molecule has 0 amide bonds. The van der Waals surface area contributed by atoms with Gasteiger partial charge in [-0.25, -0.2) is 10.4 Å². The number of ether oxygens (including phenoxy) is 3. The molecule has 15 aliphatic carbocycles. The summed E-state index contributed by atoms with van der Waals surface area (Å²) in [5.41, 5.74) is 16.2. The van der Waals surface area contributed by atoms with E-state index in [9.17, 15) is 20.6 Å². The van der Waals surface area contributed by atoms with Gasteiger partial charge < -0.3 is 40.6 Å². The number of aliphatic hydroxyl groups is 3. The van der Waals surface area contributed by atoms with Crippen LogP contribution in [-0.4, -0.2) is 122 Å². The van der Waals surface area contributed by atoms with Crippen LogP contribution in [-0.2, 0) is 35.5 Å². The Kier molecular flexibility index (Phi) is 12.9. The first-order valence-electron chi connectivity index (χ1n) is 37.5. The molecule has 12 saturated carbocycles. The maximum absolute atomic E-state index is 12.0. The zero-order valence-corrected chi connectivity index (χ0v) is 62.2. The quantitative estimate of drug-likeness (QED) is 0.0828. The number of nitrogens with one attached hydrogen (secondary N) is 2. The number of nitriles is 1. The summed E-state index contributed by atoms with van der Waals surface area (Å²) in [5.74, 6) is 4.23. The molecule has 0 radical (unpaired) electrons. The Bertz CT molecular complexity index is 4070. The lowest BCUT2D eigenvalue weighted by Gasteiger charge is -2.70. The standard InChI is InChI=1S/C27H34N2O2.C27H37NO2.C26H35NO2.C2H4N2.CH5N.CH4/c1-15-7-8-16-11-26-13-27-18(16)19(15)31-21(27)23(5)9-10-25(27,20(26)29(26)14-28)12-17(23)24(6,30)22(2,3)4;1-15-8-9-16-12-26-14-27-18(16)19(15)30-21(27)23(5)10-11-25(27,20(26)28(26)7)13-17(23)24(6,29)22(2,3)4;1-14-7-8-15-11-25-13-26-17(15)18(14)29-20(26)22(5)9-10-24(26,19(25)27-25)12-16(22)23(6,28)21(2,3)4;1-4-2-3;1-2;/h7-8,17,20-21,30H,9-13H2,1-6H3;8-9,17,20-21,29H,10-14H2,1-7H3;7-8,16,19-20,27-28H,9-13H2,1-6H3;3H,1H3;2H2,1H3;1H4/t17?,20-,21?,23?,24?,25?,26?,27-,29?;17?,20-,21?,23?,24?,25?,26?,27-,28?;16?,19-,20?,22?,23?,24?,25?,26-;;;/m000.../s1. The molecule has 19 unspecified atom stereocenters. The predicted octanol–water partition coefficient (Wildman–Crippen LogP) is 13.9. The Morgan fingerprint density at radius 3 is 1.27 bits per heavy atom. The molecule has 3 aromatic rings. The first-order chi connectivity index (χ1) is 44.6. The van der Waals surface area contributed by atoms with E-state index in [0.29, 0.717) is 29.2 Å². The summed E-state index contributed by atoms with van der Waals surface area (Å²) in [7, 11) is 5.38. The summed E-state index contributed by atoms with van der Waals surface area (Å²) >= 11 is 0. The molecule has 0 aromatic heterocycles. The summed E-state index contributed by atoms with van der Waals surface area (Å²) in [6.45, 7) is 40.1. The van der Waals surface area contributed by atoms with E-state index in [-0.39, 0.29) is 114 Å². The monoisotopic (exact) mass is 1320 g/mol. The molecule has 9 spiro atoms. The molecular formula is C84H119N7O6. The number of hydrogen-bond acceptors (Lipinski definition) is 13. The van der Waals surface area contributed by atoms with Gasteiger partial charge in [0.2, 0.25) is 0 Å². The van der Waals surface area contributed by atoms with E-state index in [1.165, 1.54) is 98.4 Å². The number of aliphatic imine (C=N–C) groups is 1. The van der Waals surface area contributed by atoms with E-state index in [0.717, 1.165) is 57.1 Å². The molecular weight excluding hydrogens is 1200 g/mol. The molecule has 13 nitrogen and oxygen atoms in total. The van der Waals surface area contributed by atoms with Gasteiger partial charge in [0.25, 0.3) is 0 Å². The number of nitrogens with two attached hydrogens (primary N) is 1. The lowest BCUT2D eigenvalue weighted by molar-refractivity contribution is -0.246. The number of likely N-dealkylation sites (tertiary alicyclic amines) is 2. The summed E-state index contributed by atoms with van der Waals surface area (Å²) in [5, 5.41) is 56.2. The fourth-order valence-electron chi connectivity index (χ4n) is 29.5. The van der Waals surface area contributed by atoms with Gasteiger partial charge in [-0.1, -0.05) is 127 Å². The van der Waals surface area contributed by atoms with Gasteiger partial charge in [0.05, 0.1) is 34.4 Å². The van der Waals surface area contributed by atoms with Crippen molar-refractivity contribution in [3.05, 3.63) is 86.5 Å². The van der Waals surface area contributed by atoms with Crippen LogP contribution >= 0.6 is 0 Å². The van der Waals surface area contributed by atoms with Gasteiger partial charge in [-0.15, -0.1) is 0 Å². The van der Waals surface area contributed by atoms with Crippen molar-refractivity contribution in [3.8, 4) is 23.4 Å². The average Bonchev–Trinajstić information content (AvgIpc) is 1.46. The Balaban J connectivity index is 0.000000109. The van der Waals surface area contributed by atoms with E-state index >= 15 is 0 Å². The highest BCUT2D eigenvalue weighted by Crippen LogP contribution is 2.90. The van der Waals surface area contributed by atoms with Crippen molar-refractivity contribution in [2.45, 2.75) is 314 Å². The Hall–Kier alpha value is -4.51. The van der Waals surface area contributed by atoms with Crippen LogP contribution in [0.4, 0.5) is 0 Å². The van der Waals surface area contributed by atoms with Crippen LogP contribution in [0.25, 0.3) is 0 Å². The number of piperidine rings is 3. The molecule has 25 atom stereocenters. The van der Waals surface area contributed by atoms with Crippen molar-refractivity contribution in [2.75, 3.05) is 21.1 Å². The van der Waals surface area contributed by atoms with Crippen molar-refractivity contribution in [2.24, 2.45) is 77.2 Å². The predicted molar refractivity (Wildman–Crippen MR) is 381 cm³/mol. The van der Waals surface area contributed by atoms with Gasteiger partial charge in [-0.3, -0.25) is 9.80 Å². The number of hydrogen-bond donors (Lipinski definition) is 6. The van der Waals surface area contributed by atoms with Crippen molar-refractivity contribution >= 4 is 6.01 Å². The number of rotatable bonds is 3. The summed E-state index contributed by atoms with van der Waals surface area (Å²) in [4.78, 5) is 8.01. The van der Waals surface area contributed by atoms with Gasteiger partial charge in [0, 0.05) is 95.6 Å². The number of nitrogens with zero attached hydrogens (tertiary/aromatic N) is 4. The van der Waals surface area contributed by atoms with Crippen LogP contribution in [0.5, 0.6) is 17.2 Å². The minimum Gasteiger partial charge on any atom is -0.488 e. The van der Waals surface area contributed by atoms with Crippen LogP contribution in [0.3, 0.4) is 0 Å².